The molecule has 0 N–H and O–H groups in total. The molecular weight excluding hydrogens is 352 g/mol. The normalized spacial score (nSPS) is 37.4. The van der Waals surface area contributed by atoms with E-state index in [1.165, 1.54) is 56.9 Å². The van der Waals surface area contributed by atoms with Gasteiger partial charge < -0.3 is 18.9 Å². The van der Waals surface area contributed by atoms with Crippen molar-refractivity contribution in [1.29, 1.82) is 0 Å². The van der Waals surface area contributed by atoms with E-state index >= 15 is 0 Å². The van der Waals surface area contributed by atoms with Gasteiger partial charge in [-0.15, -0.1) is 0 Å². The molecule has 0 aromatic heterocycles. The molecule has 4 heteroatoms. The van der Waals surface area contributed by atoms with Crippen LogP contribution in [0.3, 0.4) is 0 Å². The van der Waals surface area contributed by atoms with Gasteiger partial charge >= 0.3 is 0 Å². The summed E-state index contributed by atoms with van der Waals surface area (Å²) < 4.78 is 22.2. The van der Waals surface area contributed by atoms with Crippen LogP contribution in [0.15, 0.2) is 24.3 Å². The Bertz CT molecular complexity index is 606. The van der Waals surface area contributed by atoms with Crippen molar-refractivity contribution in [2.45, 2.75) is 75.6 Å². The van der Waals surface area contributed by atoms with Crippen LogP contribution in [0.5, 0.6) is 5.75 Å². The van der Waals surface area contributed by atoms with Gasteiger partial charge in [0.1, 0.15) is 24.6 Å². The minimum atomic E-state index is 0.323. The zero-order valence-corrected chi connectivity index (χ0v) is 16.9. The Kier molecular flexibility index (Phi) is 5.89. The Labute approximate surface area is 168 Å². The first-order valence-corrected chi connectivity index (χ1v) is 11.4. The average Bonchev–Trinajstić information content (AvgIpc) is 3.67. The molecule has 2 saturated heterocycles. The van der Waals surface area contributed by atoms with Gasteiger partial charge in [-0.3, -0.25) is 0 Å². The standard InChI is InChI=1S/C24H34O4/c1-2-18(20-7-11-22(12-8-20)26-14-24-16-28-24)4-3-17(1)19-5-9-21(10-6-19)25-13-23-15-27-23/h5-6,9-10,17-18,20,22-24H,1-4,7-8,11-16H2. The molecule has 2 heterocycles. The second-order valence-corrected chi connectivity index (χ2v) is 9.27. The molecule has 0 bridgehead atoms. The Morgan fingerprint density at radius 1 is 0.714 bits per heavy atom. The average molecular weight is 387 g/mol. The third-order valence-electron chi connectivity index (χ3n) is 7.27. The molecule has 1 aromatic carbocycles. The summed E-state index contributed by atoms with van der Waals surface area (Å²) in [6.07, 6.45) is 11.9. The van der Waals surface area contributed by atoms with Crippen LogP contribution in [-0.4, -0.2) is 44.7 Å². The van der Waals surface area contributed by atoms with Crippen molar-refractivity contribution in [1.82, 2.24) is 0 Å². The van der Waals surface area contributed by atoms with Crippen LogP contribution in [0.4, 0.5) is 0 Å². The maximum absolute atomic E-state index is 6.02. The zero-order chi connectivity index (χ0) is 18.8. The van der Waals surface area contributed by atoms with Crippen LogP contribution in [-0.2, 0) is 14.2 Å². The van der Waals surface area contributed by atoms with E-state index in [9.17, 15) is 0 Å². The summed E-state index contributed by atoms with van der Waals surface area (Å²) >= 11 is 0. The molecular formula is C24H34O4. The van der Waals surface area contributed by atoms with Crippen LogP contribution in [0.25, 0.3) is 0 Å². The Balaban J connectivity index is 1.04. The predicted octanol–water partition coefficient (Wildman–Crippen LogP) is 4.71. The van der Waals surface area contributed by atoms with Gasteiger partial charge in [0, 0.05) is 0 Å². The maximum Gasteiger partial charge on any atom is 0.119 e. The molecule has 4 nitrogen and oxygen atoms in total. The molecule has 2 atom stereocenters. The molecule has 28 heavy (non-hydrogen) atoms. The quantitative estimate of drug-likeness (QED) is 0.607. The highest BCUT2D eigenvalue weighted by Gasteiger charge is 2.32. The second-order valence-electron chi connectivity index (χ2n) is 9.27. The summed E-state index contributed by atoms with van der Waals surface area (Å²) in [5, 5.41) is 0. The van der Waals surface area contributed by atoms with E-state index in [0.29, 0.717) is 24.9 Å². The molecule has 2 saturated carbocycles. The van der Waals surface area contributed by atoms with E-state index in [1.54, 1.807) is 0 Å². The fraction of sp³-hybridized carbons (Fsp3) is 0.750. The molecule has 1 aromatic rings. The number of epoxide rings is 2. The molecule has 0 spiro atoms. The highest BCUT2D eigenvalue weighted by atomic mass is 16.6. The fourth-order valence-electron chi connectivity index (χ4n) is 5.25. The van der Waals surface area contributed by atoms with Crippen molar-refractivity contribution in [2.75, 3.05) is 26.4 Å². The monoisotopic (exact) mass is 386 g/mol. The molecule has 0 radical (unpaired) electrons. The van der Waals surface area contributed by atoms with E-state index in [2.05, 4.69) is 24.3 Å². The first kappa shape index (κ1) is 18.9. The molecule has 154 valence electrons. The van der Waals surface area contributed by atoms with Gasteiger partial charge in [0.25, 0.3) is 0 Å². The first-order valence-electron chi connectivity index (χ1n) is 11.4. The number of rotatable bonds is 8. The number of ether oxygens (including phenoxy) is 4. The largest absolute Gasteiger partial charge is 0.491 e. The summed E-state index contributed by atoms with van der Waals surface area (Å²) in [4.78, 5) is 0. The topological polar surface area (TPSA) is 43.5 Å². The molecule has 2 aliphatic carbocycles. The lowest BCUT2D eigenvalue weighted by Crippen LogP contribution is -2.29. The number of benzene rings is 1. The SMILES string of the molecule is c1cc(C2CCC(C3CCC(OCC4CO4)CC3)CC2)ccc1OCC1CO1. The van der Waals surface area contributed by atoms with Gasteiger partial charge in [-0.1, -0.05) is 12.1 Å². The molecule has 2 aliphatic heterocycles. The van der Waals surface area contributed by atoms with Crippen LogP contribution in [0, 0.1) is 11.8 Å². The van der Waals surface area contributed by atoms with Crippen molar-refractivity contribution in [3.05, 3.63) is 29.8 Å². The molecule has 4 aliphatic rings. The zero-order valence-electron chi connectivity index (χ0n) is 16.9. The van der Waals surface area contributed by atoms with Gasteiger partial charge in [-0.25, -0.2) is 0 Å². The van der Waals surface area contributed by atoms with E-state index in [-0.39, 0.29) is 0 Å². The summed E-state index contributed by atoms with van der Waals surface area (Å²) in [7, 11) is 0. The summed E-state index contributed by atoms with van der Waals surface area (Å²) in [5.74, 6) is 3.57. The van der Waals surface area contributed by atoms with E-state index in [4.69, 9.17) is 18.9 Å². The van der Waals surface area contributed by atoms with E-state index in [1.807, 2.05) is 0 Å². The molecule has 4 fully saturated rings. The maximum atomic E-state index is 6.02. The van der Waals surface area contributed by atoms with Crippen molar-refractivity contribution in [3.8, 4) is 5.75 Å². The van der Waals surface area contributed by atoms with Gasteiger partial charge in [0.15, 0.2) is 0 Å². The Hall–Kier alpha value is -1.10. The number of hydrogen-bond donors (Lipinski definition) is 0. The van der Waals surface area contributed by atoms with Crippen molar-refractivity contribution >= 4 is 0 Å². The van der Waals surface area contributed by atoms with Gasteiger partial charge in [-0.2, -0.15) is 0 Å². The Morgan fingerprint density at radius 3 is 1.89 bits per heavy atom. The summed E-state index contributed by atoms with van der Waals surface area (Å²) in [6, 6.07) is 8.83. The lowest BCUT2D eigenvalue weighted by Gasteiger charge is -2.38. The third kappa shape index (κ3) is 5.08. The van der Waals surface area contributed by atoms with Gasteiger partial charge in [0.05, 0.1) is 25.9 Å². The Morgan fingerprint density at radius 2 is 1.29 bits per heavy atom. The lowest BCUT2D eigenvalue weighted by atomic mass is 9.69. The second kappa shape index (κ2) is 8.73. The fourth-order valence-corrected chi connectivity index (χ4v) is 5.25. The van der Waals surface area contributed by atoms with Crippen LogP contribution >= 0.6 is 0 Å². The van der Waals surface area contributed by atoms with Crippen LogP contribution < -0.4 is 4.74 Å². The van der Waals surface area contributed by atoms with Crippen LogP contribution in [0.1, 0.15) is 62.8 Å². The van der Waals surface area contributed by atoms with E-state index in [0.717, 1.165) is 43.3 Å². The highest BCUT2D eigenvalue weighted by Crippen LogP contribution is 2.43. The van der Waals surface area contributed by atoms with Crippen molar-refractivity contribution in [3.63, 3.8) is 0 Å². The predicted molar refractivity (Wildman–Crippen MR) is 108 cm³/mol. The first-order chi connectivity index (χ1) is 13.8. The molecule has 5 rings (SSSR count). The minimum Gasteiger partial charge on any atom is -0.491 e. The van der Waals surface area contributed by atoms with Crippen molar-refractivity contribution in [2.24, 2.45) is 11.8 Å². The van der Waals surface area contributed by atoms with E-state index < -0.39 is 0 Å². The smallest absolute Gasteiger partial charge is 0.119 e. The van der Waals surface area contributed by atoms with Crippen LogP contribution in [0.2, 0.25) is 0 Å². The third-order valence-corrected chi connectivity index (χ3v) is 7.27. The van der Waals surface area contributed by atoms with Gasteiger partial charge in [-0.05, 0) is 86.8 Å². The minimum absolute atomic E-state index is 0.323. The van der Waals surface area contributed by atoms with Gasteiger partial charge in [0.2, 0.25) is 0 Å². The highest BCUT2D eigenvalue weighted by molar-refractivity contribution is 5.29. The molecule has 2 unspecified atom stereocenters. The lowest BCUT2D eigenvalue weighted by molar-refractivity contribution is 0.00133. The number of hydrogen-bond acceptors (Lipinski definition) is 4. The van der Waals surface area contributed by atoms with Crippen molar-refractivity contribution < 1.29 is 18.9 Å². The molecule has 0 amide bonds. The summed E-state index contributed by atoms with van der Waals surface area (Å²) in [5.41, 5.74) is 1.49. The summed E-state index contributed by atoms with van der Waals surface area (Å²) in [6.45, 7) is 3.26.